The molecule has 0 saturated heterocycles. The number of rotatable bonds is 4. The van der Waals surface area contributed by atoms with Crippen LogP contribution in [0, 0.1) is 5.92 Å². The highest BCUT2D eigenvalue weighted by atomic mass is 31.2. The van der Waals surface area contributed by atoms with E-state index < -0.39 is 7.29 Å². The molecule has 0 amide bonds. The molecule has 1 N–H and O–H groups in total. The van der Waals surface area contributed by atoms with E-state index in [1.807, 2.05) is 60.7 Å². The van der Waals surface area contributed by atoms with Gasteiger partial charge in [0.25, 0.3) is 0 Å². The molecule has 1 aliphatic carbocycles. The Balaban J connectivity index is 1.92. The van der Waals surface area contributed by atoms with Crippen LogP contribution in [0.25, 0.3) is 0 Å². The van der Waals surface area contributed by atoms with Crippen molar-refractivity contribution in [3.05, 3.63) is 60.7 Å². The SMILES string of the molecule is CC1CCC(NP(=O)(c2ccccc2)c2ccccc2)CC1. The first kappa shape index (κ1) is 15.5. The van der Waals surface area contributed by atoms with Crippen molar-refractivity contribution in [2.75, 3.05) is 0 Å². The van der Waals surface area contributed by atoms with Gasteiger partial charge in [-0.2, -0.15) is 0 Å². The fourth-order valence-electron chi connectivity index (χ4n) is 3.22. The lowest BCUT2D eigenvalue weighted by molar-refractivity contribution is 0.333. The second-order valence-electron chi connectivity index (χ2n) is 6.37. The zero-order valence-corrected chi connectivity index (χ0v) is 14.0. The van der Waals surface area contributed by atoms with Crippen LogP contribution in [0.15, 0.2) is 60.7 Å². The summed E-state index contributed by atoms with van der Waals surface area (Å²) in [4.78, 5) is 0. The first-order chi connectivity index (χ1) is 10.7. The molecular formula is C19H24NOP. The fourth-order valence-corrected chi connectivity index (χ4v) is 5.77. The van der Waals surface area contributed by atoms with E-state index in [0.29, 0.717) is 6.04 Å². The molecule has 2 aromatic carbocycles. The molecule has 0 aromatic heterocycles. The predicted molar refractivity (Wildman–Crippen MR) is 94.3 cm³/mol. The maximum absolute atomic E-state index is 13.9. The number of hydrogen-bond acceptors (Lipinski definition) is 1. The summed E-state index contributed by atoms with van der Waals surface area (Å²) >= 11 is 0. The molecule has 0 aliphatic heterocycles. The molecule has 0 heterocycles. The second kappa shape index (κ2) is 6.81. The van der Waals surface area contributed by atoms with Crippen LogP contribution in [0.1, 0.15) is 32.6 Å². The van der Waals surface area contributed by atoms with E-state index in [-0.39, 0.29) is 0 Å². The second-order valence-corrected chi connectivity index (χ2v) is 8.88. The van der Waals surface area contributed by atoms with Crippen molar-refractivity contribution in [1.82, 2.24) is 5.09 Å². The number of hydrogen-bond donors (Lipinski definition) is 1. The van der Waals surface area contributed by atoms with Crippen molar-refractivity contribution in [1.29, 1.82) is 0 Å². The predicted octanol–water partition coefficient (Wildman–Crippen LogP) is 4.08. The highest BCUT2D eigenvalue weighted by molar-refractivity contribution is 7.76. The van der Waals surface area contributed by atoms with E-state index in [0.717, 1.165) is 29.4 Å². The van der Waals surface area contributed by atoms with Crippen LogP contribution < -0.4 is 15.7 Å². The Bertz CT molecular complexity index is 589. The minimum atomic E-state index is -2.76. The largest absolute Gasteiger partial charge is 0.297 e. The first-order valence-electron chi connectivity index (χ1n) is 8.17. The van der Waals surface area contributed by atoms with Gasteiger partial charge in [0.15, 0.2) is 0 Å². The van der Waals surface area contributed by atoms with Crippen molar-refractivity contribution in [2.45, 2.75) is 38.6 Å². The topological polar surface area (TPSA) is 29.1 Å². The monoisotopic (exact) mass is 313 g/mol. The number of benzene rings is 2. The Morgan fingerprint density at radius 1 is 0.818 bits per heavy atom. The van der Waals surface area contributed by atoms with Crippen LogP contribution in [-0.2, 0) is 4.57 Å². The summed E-state index contributed by atoms with van der Waals surface area (Å²) in [6.45, 7) is 2.31. The Kier molecular flexibility index (Phi) is 4.81. The maximum atomic E-state index is 13.9. The molecule has 2 aromatic rings. The molecule has 0 radical (unpaired) electrons. The molecule has 0 unspecified atom stereocenters. The van der Waals surface area contributed by atoms with Gasteiger partial charge in [-0.05, 0) is 55.9 Å². The summed E-state index contributed by atoms with van der Waals surface area (Å²) in [7, 11) is -2.76. The highest BCUT2D eigenvalue weighted by Crippen LogP contribution is 2.41. The zero-order valence-electron chi connectivity index (χ0n) is 13.1. The van der Waals surface area contributed by atoms with E-state index in [9.17, 15) is 4.57 Å². The van der Waals surface area contributed by atoms with Crippen LogP contribution >= 0.6 is 7.29 Å². The third-order valence-electron chi connectivity index (χ3n) is 4.62. The summed E-state index contributed by atoms with van der Waals surface area (Å²) in [5, 5.41) is 5.35. The third kappa shape index (κ3) is 3.34. The normalized spacial score (nSPS) is 22.4. The summed E-state index contributed by atoms with van der Waals surface area (Å²) < 4.78 is 13.9. The van der Waals surface area contributed by atoms with E-state index in [2.05, 4.69) is 12.0 Å². The standard InChI is InChI=1S/C19H24NOP/c1-16-12-14-17(15-13-16)20-22(21,18-8-4-2-5-9-18)19-10-6-3-7-11-19/h2-11,16-17H,12-15H2,1H3,(H,20,21). The molecule has 0 bridgehead atoms. The van der Waals surface area contributed by atoms with Crippen LogP contribution in [-0.4, -0.2) is 6.04 Å². The molecule has 22 heavy (non-hydrogen) atoms. The minimum Gasteiger partial charge on any atom is -0.297 e. The van der Waals surface area contributed by atoms with Gasteiger partial charge in [-0.1, -0.05) is 43.3 Å². The van der Waals surface area contributed by atoms with Crippen molar-refractivity contribution >= 4 is 17.9 Å². The number of nitrogens with one attached hydrogen (secondary N) is 1. The quantitative estimate of drug-likeness (QED) is 0.862. The molecule has 3 heteroatoms. The summed E-state index contributed by atoms with van der Waals surface area (Å²) in [5.74, 6) is 0.797. The molecule has 1 saturated carbocycles. The average molecular weight is 313 g/mol. The van der Waals surface area contributed by atoms with Crippen LogP contribution in [0.4, 0.5) is 0 Å². The van der Waals surface area contributed by atoms with Gasteiger partial charge in [-0.15, -0.1) is 0 Å². The van der Waals surface area contributed by atoms with Gasteiger partial charge in [0.1, 0.15) is 0 Å². The van der Waals surface area contributed by atoms with Gasteiger partial charge in [0.05, 0.1) is 0 Å². The van der Waals surface area contributed by atoms with Crippen molar-refractivity contribution in [2.24, 2.45) is 5.92 Å². The van der Waals surface area contributed by atoms with Crippen LogP contribution in [0.3, 0.4) is 0 Å². The van der Waals surface area contributed by atoms with Crippen molar-refractivity contribution in [3.63, 3.8) is 0 Å². The summed E-state index contributed by atoms with van der Waals surface area (Å²) in [6.07, 6.45) is 4.68. The zero-order chi connectivity index (χ0) is 15.4. The van der Waals surface area contributed by atoms with Crippen LogP contribution in [0.5, 0.6) is 0 Å². The Morgan fingerprint density at radius 3 is 1.73 bits per heavy atom. The van der Waals surface area contributed by atoms with Crippen molar-refractivity contribution in [3.8, 4) is 0 Å². The average Bonchev–Trinajstić information content (AvgIpc) is 2.58. The fraction of sp³-hybridized carbons (Fsp3) is 0.368. The first-order valence-corrected chi connectivity index (χ1v) is 9.88. The lowest BCUT2D eigenvalue weighted by Crippen LogP contribution is -2.37. The maximum Gasteiger partial charge on any atom is 0.204 e. The van der Waals surface area contributed by atoms with Gasteiger partial charge in [0.2, 0.25) is 7.29 Å². The van der Waals surface area contributed by atoms with Gasteiger partial charge in [-0.3, -0.25) is 9.65 Å². The molecule has 1 aliphatic rings. The molecule has 3 rings (SSSR count). The van der Waals surface area contributed by atoms with Gasteiger partial charge < -0.3 is 0 Å². The Labute approximate surface area is 133 Å². The lowest BCUT2D eigenvalue weighted by atomic mass is 9.88. The highest BCUT2D eigenvalue weighted by Gasteiger charge is 2.31. The van der Waals surface area contributed by atoms with Crippen LogP contribution in [0.2, 0.25) is 0 Å². The van der Waals surface area contributed by atoms with Gasteiger partial charge in [-0.25, -0.2) is 0 Å². The molecule has 0 spiro atoms. The molecule has 116 valence electrons. The summed E-state index contributed by atoms with van der Waals surface area (Å²) in [6, 6.07) is 20.1. The van der Waals surface area contributed by atoms with Gasteiger partial charge >= 0.3 is 0 Å². The molecule has 0 atom stereocenters. The van der Waals surface area contributed by atoms with E-state index in [4.69, 9.17) is 0 Å². The van der Waals surface area contributed by atoms with E-state index in [1.54, 1.807) is 0 Å². The Morgan fingerprint density at radius 2 is 1.27 bits per heavy atom. The Hall–Kier alpha value is -1.37. The third-order valence-corrected chi connectivity index (χ3v) is 7.40. The smallest absolute Gasteiger partial charge is 0.204 e. The van der Waals surface area contributed by atoms with Crippen molar-refractivity contribution < 1.29 is 4.57 Å². The molecular weight excluding hydrogens is 289 g/mol. The molecule has 2 nitrogen and oxygen atoms in total. The van der Waals surface area contributed by atoms with Gasteiger partial charge in [0, 0.05) is 16.7 Å². The molecule has 1 fully saturated rings. The summed E-state index contributed by atoms with van der Waals surface area (Å²) in [5.41, 5.74) is 0. The van der Waals surface area contributed by atoms with E-state index in [1.165, 1.54) is 12.8 Å². The lowest BCUT2D eigenvalue weighted by Gasteiger charge is -2.31. The minimum absolute atomic E-state index is 0.349. The van der Waals surface area contributed by atoms with E-state index >= 15 is 0 Å².